The second kappa shape index (κ2) is 5.28. The fourth-order valence-corrected chi connectivity index (χ4v) is 3.39. The standard InChI is InChI=1S/C13H9BrF2OS/c1-7-4-10(14)13(18-7)12(17)5-8-2-3-9(15)6-11(8)16/h2-4,6H,5H2,1H3. The molecule has 1 aromatic heterocycles. The maximum atomic E-state index is 13.4. The molecule has 0 aliphatic heterocycles. The summed E-state index contributed by atoms with van der Waals surface area (Å²) in [6, 6.07) is 5.09. The van der Waals surface area contributed by atoms with E-state index >= 15 is 0 Å². The van der Waals surface area contributed by atoms with Crippen LogP contribution in [0.5, 0.6) is 0 Å². The fourth-order valence-electron chi connectivity index (χ4n) is 1.59. The van der Waals surface area contributed by atoms with Crippen molar-refractivity contribution in [1.29, 1.82) is 0 Å². The molecule has 1 nitrogen and oxygen atoms in total. The van der Waals surface area contributed by atoms with Crippen LogP contribution in [0.2, 0.25) is 0 Å². The van der Waals surface area contributed by atoms with Crippen LogP contribution < -0.4 is 0 Å². The van der Waals surface area contributed by atoms with Gasteiger partial charge in [-0.3, -0.25) is 4.79 Å². The number of Topliss-reactive ketones (excluding diaryl/α,β-unsaturated/α-hetero) is 1. The first-order chi connectivity index (χ1) is 8.47. The first-order valence-electron chi connectivity index (χ1n) is 5.20. The maximum Gasteiger partial charge on any atom is 0.178 e. The summed E-state index contributed by atoms with van der Waals surface area (Å²) in [5.74, 6) is -1.50. The van der Waals surface area contributed by atoms with Crippen LogP contribution in [0.4, 0.5) is 8.78 Å². The van der Waals surface area contributed by atoms with Crippen LogP contribution in [0.3, 0.4) is 0 Å². The van der Waals surface area contributed by atoms with Gasteiger partial charge in [-0.05, 0) is 40.5 Å². The zero-order valence-electron chi connectivity index (χ0n) is 9.47. The van der Waals surface area contributed by atoms with Crippen molar-refractivity contribution in [2.75, 3.05) is 0 Å². The lowest BCUT2D eigenvalue weighted by Crippen LogP contribution is -2.04. The van der Waals surface area contributed by atoms with E-state index in [2.05, 4.69) is 15.9 Å². The third kappa shape index (κ3) is 2.84. The predicted octanol–water partition coefficient (Wildman–Crippen LogP) is 4.52. The highest BCUT2D eigenvalue weighted by atomic mass is 79.9. The Hall–Kier alpha value is -1.07. The maximum absolute atomic E-state index is 13.4. The lowest BCUT2D eigenvalue weighted by Gasteiger charge is -2.02. The van der Waals surface area contributed by atoms with Crippen molar-refractivity contribution in [3.8, 4) is 0 Å². The second-order valence-electron chi connectivity index (χ2n) is 3.87. The van der Waals surface area contributed by atoms with Crippen LogP contribution in [0, 0.1) is 18.6 Å². The van der Waals surface area contributed by atoms with E-state index in [9.17, 15) is 13.6 Å². The van der Waals surface area contributed by atoms with Gasteiger partial charge in [0, 0.05) is 21.8 Å². The van der Waals surface area contributed by atoms with Gasteiger partial charge < -0.3 is 0 Å². The number of aryl methyl sites for hydroxylation is 1. The highest BCUT2D eigenvalue weighted by Crippen LogP contribution is 2.28. The highest BCUT2D eigenvalue weighted by Gasteiger charge is 2.16. The van der Waals surface area contributed by atoms with Crippen LogP contribution in [0.15, 0.2) is 28.7 Å². The van der Waals surface area contributed by atoms with E-state index in [-0.39, 0.29) is 17.8 Å². The van der Waals surface area contributed by atoms with Crippen molar-refractivity contribution in [3.05, 3.63) is 55.7 Å². The average Bonchev–Trinajstić information content (AvgIpc) is 2.62. The zero-order chi connectivity index (χ0) is 13.3. The molecule has 0 aliphatic rings. The number of rotatable bonds is 3. The minimum atomic E-state index is -0.687. The van der Waals surface area contributed by atoms with Crippen LogP contribution in [-0.2, 0) is 6.42 Å². The molecule has 0 amide bonds. The molecule has 5 heteroatoms. The quantitative estimate of drug-likeness (QED) is 0.756. The van der Waals surface area contributed by atoms with Crippen molar-refractivity contribution in [2.45, 2.75) is 13.3 Å². The molecule has 2 rings (SSSR count). The third-order valence-corrected chi connectivity index (χ3v) is 4.41. The monoisotopic (exact) mass is 330 g/mol. The average molecular weight is 331 g/mol. The van der Waals surface area contributed by atoms with E-state index in [0.717, 1.165) is 21.5 Å². The summed E-state index contributed by atoms with van der Waals surface area (Å²) >= 11 is 4.65. The fraction of sp³-hybridized carbons (Fsp3) is 0.154. The highest BCUT2D eigenvalue weighted by molar-refractivity contribution is 9.10. The molecule has 0 atom stereocenters. The van der Waals surface area contributed by atoms with Crippen molar-refractivity contribution >= 4 is 33.0 Å². The molecule has 18 heavy (non-hydrogen) atoms. The Morgan fingerprint density at radius 1 is 1.33 bits per heavy atom. The molecule has 2 aromatic rings. The molecule has 0 spiro atoms. The van der Waals surface area contributed by atoms with E-state index in [1.165, 1.54) is 17.4 Å². The molecule has 1 heterocycles. The van der Waals surface area contributed by atoms with E-state index in [1.54, 1.807) is 0 Å². The SMILES string of the molecule is Cc1cc(Br)c(C(=O)Cc2ccc(F)cc2F)s1. The largest absolute Gasteiger partial charge is 0.293 e. The van der Waals surface area contributed by atoms with E-state index in [0.29, 0.717) is 4.88 Å². The summed E-state index contributed by atoms with van der Waals surface area (Å²) < 4.78 is 26.9. The Bertz CT molecular complexity index is 607. The van der Waals surface area contributed by atoms with Crippen LogP contribution >= 0.6 is 27.3 Å². The van der Waals surface area contributed by atoms with E-state index < -0.39 is 11.6 Å². The minimum absolute atomic E-state index is 0.0648. The van der Waals surface area contributed by atoms with Crippen molar-refractivity contribution in [3.63, 3.8) is 0 Å². The Morgan fingerprint density at radius 3 is 2.61 bits per heavy atom. The normalized spacial score (nSPS) is 10.7. The number of hydrogen-bond donors (Lipinski definition) is 0. The van der Waals surface area contributed by atoms with Crippen molar-refractivity contribution in [2.24, 2.45) is 0 Å². The third-order valence-electron chi connectivity index (χ3n) is 2.43. The Balaban J connectivity index is 2.24. The van der Waals surface area contributed by atoms with Crippen LogP contribution in [-0.4, -0.2) is 5.78 Å². The summed E-state index contributed by atoms with van der Waals surface area (Å²) in [5.41, 5.74) is 0.208. The molecule has 0 N–H and O–H groups in total. The van der Waals surface area contributed by atoms with Gasteiger partial charge in [-0.1, -0.05) is 6.07 Å². The van der Waals surface area contributed by atoms with Crippen molar-refractivity contribution in [1.82, 2.24) is 0 Å². The smallest absolute Gasteiger partial charge is 0.178 e. The molecule has 0 bridgehead atoms. The number of benzene rings is 1. The minimum Gasteiger partial charge on any atom is -0.293 e. The van der Waals surface area contributed by atoms with Crippen LogP contribution in [0.1, 0.15) is 20.1 Å². The molecule has 0 aliphatic carbocycles. The topological polar surface area (TPSA) is 17.1 Å². The number of halogens is 3. The second-order valence-corrected chi connectivity index (χ2v) is 5.98. The van der Waals surface area contributed by atoms with Crippen LogP contribution in [0.25, 0.3) is 0 Å². The van der Waals surface area contributed by atoms with Crippen molar-refractivity contribution < 1.29 is 13.6 Å². The lowest BCUT2D eigenvalue weighted by atomic mass is 10.1. The predicted molar refractivity (Wildman–Crippen MR) is 71.1 cm³/mol. The van der Waals surface area contributed by atoms with Gasteiger partial charge in [-0.15, -0.1) is 11.3 Å². The first-order valence-corrected chi connectivity index (χ1v) is 6.81. The number of thiophene rings is 1. The molecule has 94 valence electrons. The van der Waals surface area contributed by atoms with Gasteiger partial charge in [0.2, 0.25) is 0 Å². The molecular weight excluding hydrogens is 322 g/mol. The number of carbonyl (C=O) groups excluding carboxylic acids is 1. The molecule has 0 radical (unpaired) electrons. The summed E-state index contributed by atoms with van der Waals surface area (Å²) in [6.45, 7) is 1.89. The first kappa shape index (κ1) is 13.4. The Morgan fingerprint density at radius 2 is 2.06 bits per heavy atom. The summed E-state index contributed by atoms with van der Waals surface area (Å²) in [6.07, 6.45) is -0.0648. The summed E-state index contributed by atoms with van der Waals surface area (Å²) in [4.78, 5) is 13.6. The van der Waals surface area contributed by atoms with E-state index in [4.69, 9.17) is 0 Å². The molecule has 0 saturated heterocycles. The van der Waals surface area contributed by atoms with Gasteiger partial charge >= 0.3 is 0 Å². The number of hydrogen-bond acceptors (Lipinski definition) is 2. The summed E-state index contributed by atoms with van der Waals surface area (Å²) in [7, 11) is 0. The van der Waals surface area contributed by atoms with Gasteiger partial charge in [0.05, 0.1) is 4.88 Å². The van der Waals surface area contributed by atoms with E-state index in [1.807, 2.05) is 13.0 Å². The van der Waals surface area contributed by atoms with Gasteiger partial charge in [0.1, 0.15) is 11.6 Å². The number of carbonyl (C=O) groups is 1. The molecule has 1 aromatic carbocycles. The molecular formula is C13H9BrF2OS. The zero-order valence-corrected chi connectivity index (χ0v) is 11.9. The molecule has 0 unspecified atom stereocenters. The summed E-state index contributed by atoms with van der Waals surface area (Å²) in [5, 5.41) is 0. The van der Waals surface area contributed by atoms with Gasteiger partial charge in [0.15, 0.2) is 5.78 Å². The molecule has 0 fully saturated rings. The van der Waals surface area contributed by atoms with Gasteiger partial charge in [0.25, 0.3) is 0 Å². The Kier molecular flexibility index (Phi) is 3.92. The van der Waals surface area contributed by atoms with Gasteiger partial charge in [-0.25, -0.2) is 8.78 Å². The molecule has 0 saturated carbocycles. The number of ketones is 1. The lowest BCUT2D eigenvalue weighted by molar-refractivity contribution is 0.0995. The van der Waals surface area contributed by atoms with Gasteiger partial charge in [-0.2, -0.15) is 0 Å². The Labute approximate surface area is 116 Å².